The highest BCUT2D eigenvalue weighted by Gasteiger charge is 2.22. The molecule has 0 atom stereocenters. The monoisotopic (exact) mass is 476 g/mol. The van der Waals surface area contributed by atoms with Crippen LogP contribution in [0.3, 0.4) is 0 Å². The van der Waals surface area contributed by atoms with E-state index in [0.29, 0.717) is 23.0 Å². The van der Waals surface area contributed by atoms with Gasteiger partial charge in [-0.25, -0.2) is 19.6 Å². The summed E-state index contributed by atoms with van der Waals surface area (Å²) in [4.78, 5) is 37.4. The number of methoxy groups -OCH3 is 2. The predicted molar refractivity (Wildman–Crippen MR) is 133 cm³/mol. The summed E-state index contributed by atoms with van der Waals surface area (Å²) in [5.41, 5.74) is 8.94. The van der Waals surface area contributed by atoms with Crippen molar-refractivity contribution in [2.75, 3.05) is 56.3 Å². The number of hydrogen-bond acceptors (Lipinski definition) is 10. The van der Waals surface area contributed by atoms with Gasteiger partial charge in [-0.05, 0) is 23.8 Å². The van der Waals surface area contributed by atoms with Gasteiger partial charge >= 0.3 is 11.9 Å². The first-order chi connectivity index (χ1) is 17.0. The fourth-order valence-corrected chi connectivity index (χ4v) is 4.01. The molecule has 0 aliphatic carbocycles. The molecule has 4 rings (SSSR count). The van der Waals surface area contributed by atoms with Gasteiger partial charge in [0.1, 0.15) is 12.0 Å². The molecule has 1 saturated heterocycles. The van der Waals surface area contributed by atoms with Gasteiger partial charge in [-0.2, -0.15) is 0 Å². The van der Waals surface area contributed by atoms with Crippen molar-refractivity contribution in [1.82, 2.24) is 14.9 Å². The van der Waals surface area contributed by atoms with E-state index in [4.69, 9.17) is 15.2 Å². The highest BCUT2D eigenvalue weighted by atomic mass is 16.5. The Morgan fingerprint density at radius 2 is 1.57 bits per heavy atom. The van der Waals surface area contributed by atoms with Crippen LogP contribution in [0, 0.1) is 0 Å². The van der Waals surface area contributed by atoms with Gasteiger partial charge in [-0.1, -0.05) is 30.3 Å². The minimum atomic E-state index is -0.580. The number of nitrogens with zero attached hydrogens (tertiary/aromatic N) is 4. The largest absolute Gasteiger partial charge is 0.465 e. The van der Waals surface area contributed by atoms with Crippen LogP contribution in [0.2, 0.25) is 0 Å². The Balaban J connectivity index is 1.50. The lowest BCUT2D eigenvalue weighted by Crippen LogP contribution is -2.46. The van der Waals surface area contributed by atoms with Gasteiger partial charge in [0.2, 0.25) is 0 Å². The summed E-state index contributed by atoms with van der Waals surface area (Å²) in [5.74, 6) is -0.147. The number of nitrogen functional groups attached to an aromatic ring is 1. The quantitative estimate of drug-likeness (QED) is 0.492. The zero-order valence-electron chi connectivity index (χ0n) is 19.7. The number of hydrogen-bond donors (Lipinski definition) is 2. The van der Waals surface area contributed by atoms with Crippen LogP contribution in [-0.4, -0.2) is 67.2 Å². The molecule has 0 saturated carbocycles. The third-order valence-electron chi connectivity index (χ3n) is 5.82. The van der Waals surface area contributed by atoms with Crippen molar-refractivity contribution in [2.24, 2.45) is 0 Å². The van der Waals surface area contributed by atoms with Crippen LogP contribution in [0.1, 0.15) is 26.3 Å². The van der Waals surface area contributed by atoms with E-state index >= 15 is 0 Å². The van der Waals surface area contributed by atoms with Gasteiger partial charge < -0.3 is 25.4 Å². The van der Waals surface area contributed by atoms with Crippen molar-refractivity contribution in [3.05, 3.63) is 71.5 Å². The fourth-order valence-electron chi connectivity index (χ4n) is 4.01. The van der Waals surface area contributed by atoms with Gasteiger partial charge in [-0.3, -0.25) is 4.90 Å². The summed E-state index contributed by atoms with van der Waals surface area (Å²) in [5, 5.41) is 3.10. The minimum Gasteiger partial charge on any atom is -0.465 e. The molecular formula is C25H28N6O4. The smallest absolute Gasteiger partial charge is 0.337 e. The second-order valence-electron chi connectivity index (χ2n) is 8.12. The highest BCUT2D eigenvalue weighted by Crippen LogP contribution is 2.30. The van der Waals surface area contributed by atoms with Crippen molar-refractivity contribution in [1.29, 1.82) is 0 Å². The van der Waals surface area contributed by atoms with E-state index < -0.39 is 11.9 Å². The number of ether oxygens (including phenoxy) is 2. The third-order valence-corrected chi connectivity index (χ3v) is 5.82. The predicted octanol–water partition coefficient (Wildman–Crippen LogP) is 2.70. The van der Waals surface area contributed by atoms with Gasteiger partial charge in [0.15, 0.2) is 11.6 Å². The summed E-state index contributed by atoms with van der Waals surface area (Å²) in [6.07, 6.45) is 1.44. The Morgan fingerprint density at radius 1 is 0.943 bits per heavy atom. The van der Waals surface area contributed by atoms with E-state index in [1.54, 1.807) is 12.1 Å². The standard InChI is InChI=1S/C25H28N6O4/c1-34-24(32)18-12-19(25(33)35-2)14-20(13-18)29-22-21(26)23(28-16-27-22)31-10-8-30(9-11-31)15-17-6-4-3-5-7-17/h3-7,12-14,16H,8-11,15,26H2,1-2H3,(H,27,28,29). The average Bonchev–Trinajstić information content (AvgIpc) is 2.90. The fraction of sp³-hybridized carbons (Fsp3) is 0.280. The number of esters is 2. The van der Waals surface area contributed by atoms with Crippen molar-refractivity contribution in [3.8, 4) is 0 Å². The average molecular weight is 477 g/mol. The minimum absolute atomic E-state index is 0.195. The Morgan fingerprint density at radius 3 is 2.17 bits per heavy atom. The topological polar surface area (TPSA) is 123 Å². The van der Waals surface area contributed by atoms with E-state index in [0.717, 1.165) is 32.7 Å². The number of nitrogens with two attached hydrogens (primary N) is 1. The van der Waals surface area contributed by atoms with E-state index in [9.17, 15) is 9.59 Å². The van der Waals surface area contributed by atoms with E-state index in [2.05, 4.69) is 49.4 Å². The number of rotatable bonds is 7. The number of nitrogens with one attached hydrogen (secondary N) is 1. The second kappa shape index (κ2) is 10.8. The number of benzene rings is 2. The lowest BCUT2D eigenvalue weighted by molar-refractivity contribution is 0.0599. The molecular weight excluding hydrogens is 448 g/mol. The van der Waals surface area contributed by atoms with Crippen LogP contribution >= 0.6 is 0 Å². The van der Waals surface area contributed by atoms with E-state index in [1.165, 1.54) is 32.2 Å². The van der Waals surface area contributed by atoms with Crippen LogP contribution in [0.5, 0.6) is 0 Å². The first kappa shape index (κ1) is 24.0. The molecule has 2 heterocycles. The van der Waals surface area contributed by atoms with Crippen molar-refractivity contribution < 1.29 is 19.1 Å². The molecule has 0 bridgehead atoms. The van der Waals surface area contributed by atoms with E-state index in [1.807, 2.05) is 6.07 Å². The van der Waals surface area contributed by atoms with Crippen LogP contribution in [0.15, 0.2) is 54.9 Å². The molecule has 0 spiro atoms. The van der Waals surface area contributed by atoms with Crippen molar-refractivity contribution in [3.63, 3.8) is 0 Å². The molecule has 0 radical (unpaired) electrons. The SMILES string of the molecule is COC(=O)c1cc(Nc2ncnc(N3CCN(Cc4ccccc4)CC3)c2N)cc(C(=O)OC)c1. The normalized spacial score (nSPS) is 13.8. The van der Waals surface area contributed by atoms with Crippen LogP contribution < -0.4 is 16.0 Å². The maximum absolute atomic E-state index is 12.1. The first-order valence-electron chi connectivity index (χ1n) is 11.2. The number of aromatic nitrogens is 2. The van der Waals surface area contributed by atoms with Gasteiger partial charge in [-0.15, -0.1) is 0 Å². The van der Waals surface area contributed by atoms with Gasteiger partial charge in [0.05, 0.1) is 25.3 Å². The molecule has 3 aromatic rings. The molecule has 1 aliphatic rings. The van der Waals surface area contributed by atoms with Crippen LogP contribution in [-0.2, 0) is 16.0 Å². The Kier molecular flexibility index (Phi) is 7.41. The summed E-state index contributed by atoms with van der Waals surface area (Å²) in [6, 6.07) is 14.9. The van der Waals surface area contributed by atoms with Crippen molar-refractivity contribution in [2.45, 2.75) is 6.54 Å². The molecule has 35 heavy (non-hydrogen) atoms. The summed E-state index contributed by atoms with van der Waals surface area (Å²) < 4.78 is 9.60. The molecule has 10 nitrogen and oxygen atoms in total. The maximum Gasteiger partial charge on any atom is 0.337 e. The first-order valence-corrected chi connectivity index (χ1v) is 11.2. The Bertz CT molecular complexity index is 1160. The zero-order chi connectivity index (χ0) is 24.8. The molecule has 0 amide bonds. The highest BCUT2D eigenvalue weighted by molar-refractivity contribution is 5.97. The molecule has 3 N–H and O–H groups in total. The number of anilines is 4. The summed E-state index contributed by atoms with van der Waals surface area (Å²) >= 11 is 0. The van der Waals surface area contributed by atoms with Crippen LogP contribution in [0.4, 0.5) is 23.0 Å². The Hall–Kier alpha value is -4.18. The summed E-state index contributed by atoms with van der Waals surface area (Å²) in [7, 11) is 2.54. The molecule has 1 fully saturated rings. The molecule has 1 aliphatic heterocycles. The molecule has 2 aromatic carbocycles. The lowest BCUT2D eigenvalue weighted by atomic mass is 10.1. The Labute approximate surface area is 203 Å². The van der Waals surface area contributed by atoms with Gasteiger partial charge in [0.25, 0.3) is 0 Å². The lowest BCUT2D eigenvalue weighted by Gasteiger charge is -2.36. The van der Waals surface area contributed by atoms with Crippen LogP contribution in [0.25, 0.3) is 0 Å². The van der Waals surface area contributed by atoms with Crippen molar-refractivity contribution >= 4 is 34.9 Å². The zero-order valence-corrected chi connectivity index (χ0v) is 19.7. The number of carbonyl (C=O) groups excluding carboxylic acids is 2. The molecule has 1 aromatic heterocycles. The second-order valence-corrected chi connectivity index (χ2v) is 8.12. The maximum atomic E-state index is 12.1. The third kappa shape index (κ3) is 5.67. The van der Waals surface area contributed by atoms with E-state index in [-0.39, 0.29) is 11.1 Å². The number of piperazine rings is 1. The summed E-state index contributed by atoms with van der Waals surface area (Å²) in [6.45, 7) is 4.21. The number of carbonyl (C=O) groups is 2. The van der Waals surface area contributed by atoms with Gasteiger partial charge in [0, 0.05) is 38.4 Å². The molecule has 0 unspecified atom stereocenters. The molecule has 10 heteroatoms. The molecule has 182 valence electrons.